The second kappa shape index (κ2) is 7.22. The molecule has 0 radical (unpaired) electrons. The van der Waals surface area contributed by atoms with E-state index in [9.17, 15) is 13.2 Å². The molecule has 0 aromatic heterocycles. The van der Waals surface area contributed by atoms with Crippen molar-refractivity contribution < 1.29 is 27.4 Å². The van der Waals surface area contributed by atoms with Crippen LogP contribution < -0.4 is 14.2 Å². The smallest absolute Gasteiger partial charge is 0.337 e. The fourth-order valence-electron chi connectivity index (χ4n) is 2.03. The molecule has 0 bridgehead atoms. The minimum atomic E-state index is -3.91. The number of esters is 1. The van der Waals surface area contributed by atoms with Crippen molar-refractivity contribution in [3.05, 3.63) is 48.0 Å². The molecule has 0 aliphatic carbocycles. The molecule has 0 atom stereocenters. The predicted molar refractivity (Wildman–Crippen MR) is 88.1 cm³/mol. The van der Waals surface area contributed by atoms with Gasteiger partial charge in [-0.25, -0.2) is 13.2 Å². The lowest BCUT2D eigenvalue weighted by Crippen LogP contribution is -2.14. The van der Waals surface area contributed by atoms with Gasteiger partial charge < -0.3 is 14.2 Å². The lowest BCUT2D eigenvalue weighted by atomic mass is 10.2. The summed E-state index contributed by atoms with van der Waals surface area (Å²) in [4.78, 5) is 11.5. The van der Waals surface area contributed by atoms with Crippen molar-refractivity contribution in [3.8, 4) is 11.5 Å². The van der Waals surface area contributed by atoms with Gasteiger partial charge in [0.2, 0.25) is 0 Å². The van der Waals surface area contributed by atoms with E-state index in [-0.39, 0.29) is 21.9 Å². The van der Waals surface area contributed by atoms with Crippen LogP contribution in [0.2, 0.25) is 0 Å². The van der Waals surface area contributed by atoms with E-state index in [2.05, 4.69) is 9.46 Å². The molecule has 0 heterocycles. The van der Waals surface area contributed by atoms with Crippen molar-refractivity contribution in [2.24, 2.45) is 0 Å². The average Bonchev–Trinajstić information content (AvgIpc) is 2.60. The van der Waals surface area contributed by atoms with E-state index >= 15 is 0 Å². The summed E-state index contributed by atoms with van der Waals surface area (Å²) < 4.78 is 42.4. The number of nitrogens with one attached hydrogen (secondary N) is 1. The third-order valence-corrected chi connectivity index (χ3v) is 4.62. The summed E-state index contributed by atoms with van der Waals surface area (Å²) in [6, 6.07) is 10.4. The van der Waals surface area contributed by atoms with Gasteiger partial charge in [-0.2, -0.15) is 0 Å². The molecule has 0 fully saturated rings. The normalized spacial score (nSPS) is 10.8. The fraction of sp³-hybridized carbons (Fsp3) is 0.188. The number of benzene rings is 2. The molecule has 0 saturated heterocycles. The third kappa shape index (κ3) is 3.77. The maximum absolute atomic E-state index is 12.6. The molecule has 0 saturated carbocycles. The number of rotatable bonds is 6. The number of hydrogen-bond donors (Lipinski definition) is 1. The first-order valence-electron chi connectivity index (χ1n) is 6.84. The Balaban J connectivity index is 2.37. The molecule has 2 aromatic carbocycles. The van der Waals surface area contributed by atoms with Gasteiger partial charge in [0.1, 0.15) is 16.4 Å². The van der Waals surface area contributed by atoms with E-state index in [1.54, 1.807) is 6.07 Å². The summed E-state index contributed by atoms with van der Waals surface area (Å²) in [5.74, 6) is 0.0579. The molecule has 0 spiro atoms. The molecule has 2 rings (SSSR count). The largest absolute Gasteiger partial charge is 0.497 e. The summed E-state index contributed by atoms with van der Waals surface area (Å²) in [5, 5.41) is 0. The van der Waals surface area contributed by atoms with E-state index in [1.165, 1.54) is 57.7 Å². The Hall–Kier alpha value is -2.74. The van der Waals surface area contributed by atoms with Gasteiger partial charge in [-0.05, 0) is 30.3 Å². The van der Waals surface area contributed by atoms with Crippen LogP contribution in [0.25, 0.3) is 0 Å². The predicted octanol–water partition coefficient (Wildman–Crippen LogP) is 2.29. The Morgan fingerprint density at radius 1 is 1.00 bits per heavy atom. The summed E-state index contributed by atoms with van der Waals surface area (Å²) in [5.41, 5.74) is 0.468. The van der Waals surface area contributed by atoms with E-state index < -0.39 is 16.0 Å². The first-order chi connectivity index (χ1) is 11.4. The van der Waals surface area contributed by atoms with Crippen LogP contribution in [0.4, 0.5) is 5.69 Å². The zero-order valence-corrected chi connectivity index (χ0v) is 14.2. The number of methoxy groups -OCH3 is 3. The van der Waals surface area contributed by atoms with Crippen LogP contribution in [-0.2, 0) is 14.8 Å². The van der Waals surface area contributed by atoms with Crippen molar-refractivity contribution in [1.82, 2.24) is 0 Å². The van der Waals surface area contributed by atoms with E-state index in [4.69, 9.17) is 9.47 Å². The van der Waals surface area contributed by atoms with Crippen LogP contribution in [-0.4, -0.2) is 35.7 Å². The Morgan fingerprint density at radius 3 is 2.38 bits per heavy atom. The Bertz CT molecular complexity index is 847. The van der Waals surface area contributed by atoms with Crippen LogP contribution in [0.1, 0.15) is 10.4 Å². The van der Waals surface area contributed by atoms with Gasteiger partial charge >= 0.3 is 5.97 Å². The molecule has 0 unspecified atom stereocenters. The molecular formula is C16H17NO6S. The summed E-state index contributed by atoms with van der Waals surface area (Å²) in [6.07, 6.45) is 0. The van der Waals surface area contributed by atoms with Gasteiger partial charge in [0, 0.05) is 11.8 Å². The second-order valence-corrected chi connectivity index (χ2v) is 6.35. The Kier molecular flexibility index (Phi) is 5.30. The second-order valence-electron chi connectivity index (χ2n) is 4.69. The SMILES string of the molecule is COC(=O)c1cccc(NS(=O)(=O)c2ccc(OC)cc2OC)c1. The highest BCUT2D eigenvalue weighted by molar-refractivity contribution is 7.92. The molecule has 24 heavy (non-hydrogen) atoms. The standard InChI is InChI=1S/C16H17NO6S/c1-21-13-7-8-15(14(10-13)22-2)24(19,20)17-12-6-4-5-11(9-12)16(18)23-3/h4-10,17H,1-3H3. The molecule has 8 heteroatoms. The number of carbonyl (C=O) groups excluding carboxylic acids is 1. The van der Waals surface area contributed by atoms with Crippen LogP contribution in [0.15, 0.2) is 47.4 Å². The van der Waals surface area contributed by atoms with E-state index in [0.29, 0.717) is 5.75 Å². The number of sulfonamides is 1. The molecule has 0 aliphatic heterocycles. The zero-order chi connectivity index (χ0) is 17.7. The Labute approximate surface area is 140 Å². The highest BCUT2D eigenvalue weighted by Gasteiger charge is 2.20. The first kappa shape index (κ1) is 17.6. The number of anilines is 1. The number of carbonyl (C=O) groups is 1. The molecular weight excluding hydrogens is 334 g/mol. The van der Waals surface area contributed by atoms with Crippen LogP contribution in [0, 0.1) is 0 Å². The molecule has 0 aliphatic rings. The van der Waals surface area contributed by atoms with Gasteiger partial charge in [-0.1, -0.05) is 6.07 Å². The molecule has 1 N–H and O–H groups in total. The third-order valence-electron chi connectivity index (χ3n) is 3.20. The molecule has 0 amide bonds. The summed E-state index contributed by atoms with van der Waals surface area (Å²) in [7, 11) is 0.177. The highest BCUT2D eigenvalue weighted by Crippen LogP contribution is 2.29. The summed E-state index contributed by atoms with van der Waals surface area (Å²) in [6.45, 7) is 0. The number of ether oxygens (including phenoxy) is 3. The quantitative estimate of drug-likeness (QED) is 0.803. The monoisotopic (exact) mass is 351 g/mol. The summed E-state index contributed by atoms with van der Waals surface area (Å²) >= 11 is 0. The van der Waals surface area contributed by atoms with Crippen molar-refractivity contribution in [3.63, 3.8) is 0 Å². The van der Waals surface area contributed by atoms with Crippen LogP contribution in [0.5, 0.6) is 11.5 Å². The highest BCUT2D eigenvalue weighted by atomic mass is 32.2. The zero-order valence-electron chi connectivity index (χ0n) is 13.4. The van der Waals surface area contributed by atoms with Crippen molar-refractivity contribution in [2.75, 3.05) is 26.1 Å². The first-order valence-corrected chi connectivity index (χ1v) is 8.33. The lowest BCUT2D eigenvalue weighted by molar-refractivity contribution is 0.0601. The van der Waals surface area contributed by atoms with Gasteiger partial charge in [-0.3, -0.25) is 4.72 Å². The fourth-order valence-corrected chi connectivity index (χ4v) is 3.24. The maximum atomic E-state index is 12.6. The molecule has 7 nitrogen and oxygen atoms in total. The van der Waals surface area contributed by atoms with E-state index in [1.807, 2.05) is 0 Å². The van der Waals surface area contributed by atoms with Crippen molar-refractivity contribution in [1.29, 1.82) is 0 Å². The lowest BCUT2D eigenvalue weighted by Gasteiger charge is -2.13. The van der Waals surface area contributed by atoms with Crippen LogP contribution in [0.3, 0.4) is 0 Å². The van der Waals surface area contributed by atoms with Gasteiger partial charge in [0.05, 0.1) is 26.9 Å². The van der Waals surface area contributed by atoms with Crippen molar-refractivity contribution in [2.45, 2.75) is 4.90 Å². The van der Waals surface area contributed by atoms with E-state index in [0.717, 1.165) is 0 Å². The minimum absolute atomic E-state index is 0.0470. The van der Waals surface area contributed by atoms with Crippen molar-refractivity contribution >= 4 is 21.7 Å². The van der Waals surface area contributed by atoms with Gasteiger partial charge in [0.25, 0.3) is 10.0 Å². The topological polar surface area (TPSA) is 90.9 Å². The Morgan fingerprint density at radius 2 is 1.75 bits per heavy atom. The average molecular weight is 351 g/mol. The minimum Gasteiger partial charge on any atom is -0.497 e. The molecule has 2 aromatic rings. The van der Waals surface area contributed by atoms with Gasteiger partial charge in [0.15, 0.2) is 0 Å². The van der Waals surface area contributed by atoms with Crippen LogP contribution >= 0.6 is 0 Å². The maximum Gasteiger partial charge on any atom is 0.337 e. The van der Waals surface area contributed by atoms with Gasteiger partial charge in [-0.15, -0.1) is 0 Å². The number of hydrogen-bond acceptors (Lipinski definition) is 6. The molecule has 128 valence electrons.